The summed E-state index contributed by atoms with van der Waals surface area (Å²) in [5.74, 6) is -1.19. The fraction of sp³-hybridized carbons (Fsp3) is 0.133. The topological polar surface area (TPSA) is 118 Å². The molecule has 0 aliphatic rings. The maximum Gasteiger partial charge on any atom is 0.305 e. The van der Waals surface area contributed by atoms with Crippen molar-refractivity contribution >= 4 is 39.0 Å². The number of anilines is 1. The minimum atomic E-state index is -4.25. The smallest absolute Gasteiger partial charge is 0.305 e. The summed E-state index contributed by atoms with van der Waals surface area (Å²) < 4.78 is 26.7. The summed E-state index contributed by atoms with van der Waals surface area (Å²) in [5.41, 5.74) is -0.296. The molecule has 132 valence electrons. The molecule has 0 aliphatic carbocycles. The molecule has 0 bridgehead atoms. The fourth-order valence-electron chi connectivity index (χ4n) is 2.11. The van der Waals surface area contributed by atoms with E-state index in [4.69, 9.17) is 16.7 Å². The van der Waals surface area contributed by atoms with E-state index in [1.807, 2.05) is 0 Å². The molecule has 0 saturated heterocycles. The number of sulfonamides is 1. The van der Waals surface area contributed by atoms with Gasteiger partial charge in [-0.05, 0) is 18.2 Å². The minimum Gasteiger partial charge on any atom is -0.481 e. The van der Waals surface area contributed by atoms with Crippen molar-refractivity contribution in [1.82, 2.24) is 0 Å². The van der Waals surface area contributed by atoms with Gasteiger partial charge in [0.15, 0.2) is 0 Å². The second-order valence-electron chi connectivity index (χ2n) is 4.93. The van der Waals surface area contributed by atoms with Crippen molar-refractivity contribution in [2.24, 2.45) is 0 Å². The number of nitrogens with zero attached hydrogens (tertiary/aromatic N) is 2. The summed E-state index contributed by atoms with van der Waals surface area (Å²) in [7, 11) is -4.25. The average molecular weight is 385 g/mol. The predicted molar refractivity (Wildman–Crippen MR) is 91.3 cm³/mol. The first-order valence-corrected chi connectivity index (χ1v) is 8.79. The Morgan fingerprint density at radius 2 is 1.88 bits per heavy atom. The molecule has 0 fully saturated rings. The van der Waals surface area contributed by atoms with Gasteiger partial charge in [-0.2, -0.15) is 0 Å². The van der Waals surface area contributed by atoms with E-state index < -0.39 is 33.0 Å². The first-order valence-electron chi connectivity index (χ1n) is 6.97. The monoisotopic (exact) mass is 384 g/mol. The van der Waals surface area contributed by atoms with Crippen molar-refractivity contribution in [3.8, 4) is 0 Å². The summed E-state index contributed by atoms with van der Waals surface area (Å²) >= 11 is 6.05. The van der Waals surface area contributed by atoms with Gasteiger partial charge in [0.05, 0.1) is 26.9 Å². The van der Waals surface area contributed by atoms with E-state index in [2.05, 4.69) is 0 Å². The molecule has 8 nitrogen and oxygen atoms in total. The number of non-ortho nitro benzene ring substituents is 1. The van der Waals surface area contributed by atoms with Gasteiger partial charge < -0.3 is 5.11 Å². The lowest BCUT2D eigenvalue weighted by atomic mass is 10.3. The van der Waals surface area contributed by atoms with E-state index in [0.717, 1.165) is 16.4 Å². The summed E-state index contributed by atoms with van der Waals surface area (Å²) in [6.07, 6.45) is -0.459. The van der Waals surface area contributed by atoms with Gasteiger partial charge in [-0.3, -0.25) is 19.2 Å². The molecule has 0 aromatic heterocycles. The first-order chi connectivity index (χ1) is 11.7. The molecule has 25 heavy (non-hydrogen) atoms. The van der Waals surface area contributed by atoms with E-state index in [9.17, 15) is 23.3 Å². The highest BCUT2D eigenvalue weighted by molar-refractivity contribution is 7.92. The zero-order chi connectivity index (χ0) is 18.6. The normalized spacial score (nSPS) is 11.1. The Hall–Kier alpha value is -2.65. The minimum absolute atomic E-state index is 0.0944. The molecule has 0 spiro atoms. The number of nitro groups is 1. The third-order valence-corrected chi connectivity index (χ3v) is 5.40. The molecule has 0 saturated carbocycles. The molecule has 0 amide bonds. The van der Waals surface area contributed by atoms with Crippen molar-refractivity contribution in [2.45, 2.75) is 11.3 Å². The van der Waals surface area contributed by atoms with Crippen LogP contribution in [0, 0.1) is 10.1 Å². The fourth-order valence-corrected chi connectivity index (χ4v) is 3.92. The molecular weight excluding hydrogens is 372 g/mol. The Balaban J connectivity index is 2.55. The van der Waals surface area contributed by atoms with Crippen LogP contribution in [0.25, 0.3) is 0 Å². The van der Waals surface area contributed by atoms with Gasteiger partial charge in [0.25, 0.3) is 15.7 Å². The summed E-state index contributed by atoms with van der Waals surface area (Å²) in [6.45, 7) is -0.371. The number of hydrogen-bond donors (Lipinski definition) is 1. The molecule has 0 atom stereocenters. The number of halogens is 1. The highest BCUT2D eigenvalue weighted by Gasteiger charge is 2.28. The van der Waals surface area contributed by atoms with E-state index >= 15 is 0 Å². The summed E-state index contributed by atoms with van der Waals surface area (Å²) in [5, 5.41) is 19.9. The van der Waals surface area contributed by atoms with Crippen LogP contribution in [0.4, 0.5) is 11.4 Å². The number of benzene rings is 2. The van der Waals surface area contributed by atoms with Gasteiger partial charge in [-0.25, -0.2) is 8.42 Å². The van der Waals surface area contributed by atoms with Crippen LogP contribution in [0.3, 0.4) is 0 Å². The van der Waals surface area contributed by atoms with Crippen molar-refractivity contribution < 1.29 is 23.2 Å². The summed E-state index contributed by atoms with van der Waals surface area (Å²) in [4.78, 5) is 20.7. The predicted octanol–water partition coefficient (Wildman–Crippen LogP) is 2.92. The quantitative estimate of drug-likeness (QED) is 0.579. The van der Waals surface area contributed by atoms with Crippen LogP contribution in [0.1, 0.15) is 6.42 Å². The zero-order valence-corrected chi connectivity index (χ0v) is 14.3. The lowest BCUT2D eigenvalue weighted by Gasteiger charge is -2.24. The molecule has 0 aliphatic heterocycles. The van der Waals surface area contributed by atoms with E-state index in [1.165, 1.54) is 24.3 Å². The highest BCUT2D eigenvalue weighted by Crippen LogP contribution is 2.31. The molecule has 2 rings (SSSR count). The van der Waals surface area contributed by atoms with E-state index in [-0.39, 0.29) is 22.2 Å². The molecule has 0 heterocycles. The third-order valence-electron chi connectivity index (χ3n) is 3.27. The largest absolute Gasteiger partial charge is 0.481 e. The van der Waals surface area contributed by atoms with E-state index in [0.29, 0.717) is 0 Å². The lowest BCUT2D eigenvalue weighted by Crippen LogP contribution is -2.33. The molecular formula is C15H13ClN2O6S. The summed E-state index contributed by atoms with van der Waals surface area (Å²) in [6, 6.07) is 10.6. The SMILES string of the molecule is O=C(O)CCN(c1ccccc1Cl)S(=O)(=O)c1cccc([N+](=O)[O-])c1. The number of carbonyl (C=O) groups is 1. The zero-order valence-electron chi connectivity index (χ0n) is 12.7. The molecule has 0 radical (unpaired) electrons. The number of aliphatic carboxylic acids is 1. The van der Waals surface area contributed by atoms with Crippen LogP contribution in [0.2, 0.25) is 5.02 Å². The number of hydrogen-bond acceptors (Lipinski definition) is 5. The van der Waals surface area contributed by atoms with Crippen LogP contribution in [-0.2, 0) is 14.8 Å². The maximum atomic E-state index is 12.9. The Kier molecular flexibility index (Phi) is 5.60. The number of para-hydroxylation sites is 1. The lowest BCUT2D eigenvalue weighted by molar-refractivity contribution is -0.385. The van der Waals surface area contributed by atoms with Gasteiger partial charge in [0, 0.05) is 18.7 Å². The Morgan fingerprint density at radius 1 is 1.20 bits per heavy atom. The van der Waals surface area contributed by atoms with Crippen LogP contribution < -0.4 is 4.31 Å². The first kappa shape index (κ1) is 18.7. The van der Waals surface area contributed by atoms with Gasteiger partial charge >= 0.3 is 5.97 Å². The van der Waals surface area contributed by atoms with Gasteiger partial charge in [0.2, 0.25) is 0 Å². The standard InChI is InChI=1S/C15H13ClN2O6S/c16-13-6-1-2-7-14(13)17(9-8-15(19)20)25(23,24)12-5-3-4-11(10-12)18(21)22/h1-7,10H,8-9H2,(H,19,20). The third kappa shape index (κ3) is 4.25. The van der Waals surface area contributed by atoms with Crippen molar-refractivity contribution in [3.05, 3.63) is 63.7 Å². The molecule has 10 heteroatoms. The Bertz CT molecular complexity index is 916. The van der Waals surface area contributed by atoms with Crippen LogP contribution in [0.15, 0.2) is 53.4 Å². The van der Waals surface area contributed by atoms with Gasteiger partial charge in [-0.15, -0.1) is 0 Å². The van der Waals surface area contributed by atoms with Crippen LogP contribution in [0.5, 0.6) is 0 Å². The average Bonchev–Trinajstić information content (AvgIpc) is 2.56. The van der Waals surface area contributed by atoms with Crippen molar-refractivity contribution in [2.75, 3.05) is 10.8 Å². The Morgan fingerprint density at radius 3 is 2.48 bits per heavy atom. The molecule has 0 unspecified atom stereocenters. The highest BCUT2D eigenvalue weighted by atomic mass is 35.5. The van der Waals surface area contributed by atoms with E-state index in [1.54, 1.807) is 12.1 Å². The van der Waals surface area contributed by atoms with Gasteiger partial charge in [-0.1, -0.05) is 29.8 Å². The van der Waals surface area contributed by atoms with Crippen LogP contribution >= 0.6 is 11.6 Å². The Labute approximate surface area is 148 Å². The molecule has 1 N–H and O–H groups in total. The molecule has 2 aromatic carbocycles. The van der Waals surface area contributed by atoms with Crippen molar-refractivity contribution in [1.29, 1.82) is 0 Å². The number of carboxylic acid groups (broad SMARTS) is 1. The second-order valence-corrected chi connectivity index (χ2v) is 7.20. The number of carboxylic acids is 1. The molecule has 2 aromatic rings. The second kappa shape index (κ2) is 7.49. The van der Waals surface area contributed by atoms with Crippen LogP contribution in [-0.4, -0.2) is 31.0 Å². The van der Waals surface area contributed by atoms with Gasteiger partial charge in [0.1, 0.15) is 0 Å². The number of rotatable bonds is 7. The number of nitro benzene ring substituents is 1. The van der Waals surface area contributed by atoms with Crippen molar-refractivity contribution in [3.63, 3.8) is 0 Å². The maximum absolute atomic E-state index is 12.9.